The molecule has 0 aromatic carbocycles. The molecule has 0 spiro atoms. The number of nitrogens with zero attached hydrogens (tertiary/aromatic N) is 1. The maximum absolute atomic E-state index is 5.75. The molecule has 0 aromatic rings. The van der Waals surface area contributed by atoms with Gasteiger partial charge in [-0.2, -0.15) is 0 Å². The van der Waals surface area contributed by atoms with Gasteiger partial charge in [0.2, 0.25) is 0 Å². The van der Waals surface area contributed by atoms with Crippen LogP contribution >= 0.6 is 0 Å². The van der Waals surface area contributed by atoms with Crippen molar-refractivity contribution in [2.45, 2.75) is 34.6 Å². The Bertz CT molecular complexity index is 169. The van der Waals surface area contributed by atoms with Crippen LogP contribution in [-0.2, 0) is 4.74 Å². The maximum Gasteiger partial charge on any atom is 0.0593 e. The molecule has 0 aliphatic rings. The molecule has 0 heterocycles. The highest BCUT2D eigenvalue weighted by molar-refractivity contribution is 4.74. The van der Waals surface area contributed by atoms with E-state index in [1.165, 1.54) is 0 Å². The molecule has 0 aliphatic carbocycles. The second kappa shape index (κ2) is 8.04. The molecule has 0 aromatic heterocycles. The van der Waals surface area contributed by atoms with Crippen LogP contribution in [-0.4, -0.2) is 44.3 Å². The zero-order chi connectivity index (χ0) is 12.6. The first kappa shape index (κ1) is 15.9. The number of ether oxygens (including phenoxy) is 1. The van der Waals surface area contributed by atoms with Gasteiger partial charge in [0.15, 0.2) is 0 Å². The molecule has 16 heavy (non-hydrogen) atoms. The molecular formula is C13H30N2O. The fraction of sp³-hybridized carbons (Fsp3) is 1.00. The largest absolute Gasteiger partial charge is 0.380 e. The summed E-state index contributed by atoms with van der Waals surface area (Å²) in [5, 5.41) is 0. The minimum absolute atomic E-state index is 0.202. The Morgan fingerprint density at radius 2 is 1.94 bits per heavy atom. The highest BCUT2D eigenvalue weighted by atomic mass is 16.5. The van der Waals surface area contributed by atoms with E-state index in [1.807, 2.05) is 0 Å². The zero-order valence-corrected chi connectivity index (χ0v) is 11.8. The molecule has 0 atom stereocenters. The normalized spacial score (nSPS) is 12.8. The summed E-state index contributed by atoms with van der Waals surface area (Å²) in [7, 11) is 0. The van der Waals surface area contributed by atoms with Crippen LogP contribution < -0.4 is 5.73 Å². The summed E-state index contributed by atoms with van der Waals surface area (Å²) in [5.41, 5.74) is 5.95. The lowest BCUT2D eigenvalue weighted by Crippen LogP contribution is -2.40. The Kier molecular flexibility index (Phi) is 7.98. The predicted octanol–water partition coefficient (Wildman–Crippen LogP) is 1.97. The lowest BCUT2D eigenvalue weighted by atomic mass is 9.93. The van der Waals surface area contributed by atoms with E-state index in [-0.39, 0.29) is 5.41 Å². The van der Waals surface area contributed by atoms with Gasteiger partial charge >= 0.3 is 0 Å². The van der Waals surface area contributed by atoms with E-state index in [0.717, 1.165) is 39.4 Å². The molecule has 0 aliphatic heterocycles. The molecule has 0 saturated heterocycles. The second-order valence-electron chi connectivity index (χ2n) is 5.71. The van der Waals surface area contributed by atoms with Crippen LogP contribution in [0.5, 0.6) is 0 Å². The van der Waals surface area contributed by atoms with E-state index >= 15 is 0 Å². The van der Waals surface area contributed by atoms with Gasteiger partial charge in [0.1, 0.15) is 0 Å². The summed E-state index contributed by atoms with van der Waals surface area (Å²) in [6.07, 6.45) is 0. The summed E-state index contributed by atoms with van der Waals surface area (Å²) in [5.74, 6) is 0.621. The topological polar surface area (TPSA) is 38.5 Å². The molecule has 98 valence electrons. The van der Waals surface area contributed by atoms with Gasteiger partial charge in [-0.15, -0.1) is 0 Å². The van der Waals surface area contributed by atoms with E-state index in [9.17, 15) is 0 Å². The van der Waals surface area contributed by atoms with Crippen LogP contribution in [0.1, 0.15) is 34.6 Å². The third kappa shape index (κ3) is 8.08. The predicted molar refractivity (Wildman–Crippen MR) is 70.6 cm³/mol. The number of hydrogen-bond acceptors (Lipinski definition) is 3. The van der Waals surface area contributed by atoms with Crippen molar-refractivity contribution in [3.8, 4) is 0 Å². The molecular weight excluding hydrogens is 200 g/mol. The Morgan fingerprint density at radius 3 is 2.38 bits per heavy atom. The first-order valence-corrected chi connectivity index (χ1v) is 6.41. The van der Waals surface area contributed by atoms with Crippen molar-refractivity contribution in [1.29, 1.82) is 0 Å². The van der Waals surface area contributed by atoms with Gasteiger partial charge < -0.3 is 15.4 Å². The summed E-state index contributed by atoms with van der Waals surface area (Å²) >= 11 is 0. The maximum atomic E-state index is 5.75. The molecule has 0 amide bonds. The van der Waals surface area contributed by atoms with Crippen molar-refractivity contribution in [2.75, 3.05) is 39.4 Å². The first-order valence-electron chi connectivity index (χ1n) is 6.41. The minimum atomic E-state index is 0.202. The van der Waals surface area contributed by atoms with Gasteiger partial charge in [-0.25, -0.2) is 0 Å². The number of likely N-dealkylation sites (N-methyl/N-ethyl adjacent to an activating group) is 1. The SMILES string of the molecule is CCN(CCOCC(C)C)CC(C)(C)CN. The van der Waals surface area contributed by atoms with Crippen LogP contribution in [0.3, 0.4) is 0 Å². The first-order chi connectivity index (χ1) is 7.41. The quantitative estimate of drug-likeness (QED) is 0.615. The Morgan fingerprint density at radius 1 is 1.31 bits per heavy atom. The molecule has 0 bridgehead atoms. The van der Waals surface area contributed by atoms with Gasteiger partial charge in [-0.3, -0.25) is 0 Å². The molecule has 0 saturated carbocycles. The number of hydrogen-bond donors (Lipinski definition) is 1. The molecule has 2 N–H and O–H groups in total. The van der Waals surface area contributed by atoms with Crippen molar-refractivity contribution in [3.63, 3.8) is 0 Å². The standard InChI is InChI=1S/C13H30N2O/c1-6-15(11-13(4,5)10-14)7-8-16-9-12(2)3/h12H,6-11,14H2,1-5H3. The van der Waals surface area contributed by atoms with Crippen molar-refractivity contribution >= 4 is 0 Å². The fourth-order valence-corrected chi connectivity index (χ4v) is 1.53. The Hall–Kier alpha value is -0.120. The lowest BCUT2D eigenvalue weighted by Gasteiger charge is -2.30. The number of rotatable bonds is 9. The molecule has 0 rings (SSSR count). The monoisotopic (exact) mass is 230 g/mol. The minimum Gasteiger partial charge on any atom is -0.380 e. The molecule has 0 radical (unpaired) electrons. The van der Waals surface area contributed by atoms with Crippen molar-refractivity contribution < 1.29 is 4.74 Å². The van der Waals surface area contributed by atoms with Crippen molar-refractivity contribution in [2.24, 2.45) is 17.1 Å². The van der Waals surface area contributed by atoms with Gasteiger partial charge in [0.25, 0.3) is 0 Å². The molecule has 0 fully saturated rings. The van der Waals surface area contributed by atoms with E-state index < -0.39 is 0 Å². The van der Waals surface area contributed by atoms with Gasteiger partial charge in [-0.05, 0) is 24.4 Å². The third-order valence-electron chi connectivity index (χ3n) is 2.65. The summed E-state index contributed by atoms with van der Waals surface area (Å²) in [6, 6.07) is 0. The fourth-order valence-electron chi connectivity index (χ4n) is 1.53. The van der Waals surface area contributed by atoms with Gasteiger partial charge in [-0.1, -0.05) is 34.6 Å². The lowest BCUT2D eigenvalue weighted by molar-refractivity contribution is 0.0760. The second-order valence-corrected chi connectivity index (χ2v) is 5.71. The highest BCUT2D eigenvalue weighted by Crippen LogP contribution is 2.14. The molecule has 3 nitrogen and oxygen atoms in total. The van der Waals surface area contributed by atoms with Gasteiger partial charge in [0.05, 0.1) is 6.61 Å². The Labute approximate surface area is 101 Å². The summed E-state index contributed by atoms with van der Waals surface area (Å²) in [4.78, 5) is 2.41. The van der Waals surface area contributed by atoms with Gasteiger partial charge in [0, 0.05) is 19.7 Å². The average Bonchev–Trinajstić information content (AvgIpc) is 2.22. The highest BCUT2D eigenvalue weighted by Gasteiger charge is 2.18. The van der Waals surface area contributed by atoms with E-state index in [0.29, 0.717) is 5.92 Å². The van der Waals surface area contributed by atoms with Crippen LogP contribution in [0.25, 0.3) is 0 Å². The van der Waals surface area contributed by atoms with E-state index in [2.05, 4.69) is 39.5 Å². The van der Waals surface area contributed by atoms with Crippen molar-refractivity contribution in [1.82, 2.24) is 4.90 Å². The van der Waals surface area contributed by atoms with E-state index in [4.69, 9.17) is 10.5 Å². The van der Waals surface area contributed by atoms with Crippen LogP contribution in [0.4, 0.5) is 0 Å². The smallest absolute Gasteiger partial charge is 0.0593 e. The third-order valence-corrected chi connectivity index (χ3v) is 2.65. The average molecular weight is 230 g/mol. The van der Waals surface area contributed by atoms with Crippen LogP contribution in [0.15, 0.2) is 0 Å². The van der Waals surface area contributed by atoms with Crippen LogP contribution in [0.2, 0.25) is 0 Å². The summed E-state index contributed by atoms with van der Waals surface area (Å²) in [6.45, 7) is 16.5. The van der Waals surface area contributed by atoms with E-state index in [1.54, 1.807) is 0 Å². The Balaban J connectivity index is 3.75. The zero-order valence-electron chi connectivity index (χ0n) is 11.8. The van der Waals surface area contributed by atoms with Crippen molar-refractivity contribution in [3.05, 3.63) is 0 Å². The molecule has 0 unspecified atom stereocenters. The van der Waals surface area contributed by atoms with Crippen LogP contribution in [0, 0.1) is 11.3 Å². The molecule has 3 heteroatoms. The number of nitrogens with two attached hydrogens (primary N) is 1. The summed E-state index contributed by atoms with van der Waals surface area (Å²) < 4.78 is 5.60.